The van der Waals surface area contributed by atoms with E-state index >= 15 is 0 Å². The Kier molecular flexibility index (Phi) is 11.7. The number of rotatable bonds is 12. The molecule has 19 heavy (non-hydrogen) atoms. The number of benzene rings is 1. The molecule has 0 N–H and O–H groups in total. The van der Waals surface area contributed by atoms with Crippen LogP contribution in [-0.2, 0) is 0 Å². The summed E-state index contributed by atoms with van der Waals surface area (Å²) in [5.41, 5.74) is 0. The van der Waals surface area contributed by atoms with Crippen LogP contribution < -0.4 is 4.46 Å². The molecule has 0 aliphatic carbocycles. The van der Waals surface area contributed by atoms with Crippen molar-refractivity contribution in [2.75, 3.05) is 5.88 Å². The minimum atomic E-state index is 0.697. The third kappa shape index (κ3) is 10.5. The summed E-state index contributed by atoms with van der Waals surface area (Å²) in [5.74, 6) is 0.836. The molecule has 0 saturated carbocycles. The SMILES string of the molecule is ClCCCCCCCCCCC[Se]c1ccccc1. The predicted molar refractivity (Wildman–Crippen MR) is 88.9 cm³/mol. The molecule has 1 rings (SSSR count). The van der Waals surface area contributed by atoms with Gasteiger partial charge in [0.25, 0.3) is 0 Å². The van der Waals surface area contributed by atoms with Gasteiger partial charge in [-0.25, -0.2) is 0 Å². The van der Waals surface area contributed by atoms with Crippen LogP contribution >= 0.6 is 11.6 Å². The first-order chi connectivity index (χ1) is 9.43. The van der Waals surface area contributed by atoms with Gasteiger partial charge in [0.1, 0.15) is 0 Å². The van der Waals surface area contributed by atoms with E-state index in [1.807, 2.05) is 0 Å². The second-order valence-corrected chi connectivity index (χ2v) is 7.86. The van der Waals surface area contributed by atoms with Crippen LogP contribution in [0.25, 0.3) is 0 Å². The first-order valence-corrected chi connectivity index (χ1v) is 10.3. The van der Waals surface area contributed by atoms with Gasteiger partial charge >= 0.3 is 130 Å². The molecule has 0 atom stereocenters. The van der Waals surface area contributed by atoms with Gasteiger partial charge in [0.05, 0.1) is 0 Å². The maximum absolute atomic E-state index is 5.66. The molecular weight excluding hydrogens is 319 g/mol. The van der Waals surface area contributed by atoms with Gasteiger partial charge < -0.3 is 0 Å². The fourth-order valence-corrected chi connectivity index (χ4v) is 4.29. The van der Waals surface area contributed by atoms with E-state index < -0.39 is 0 Å². The zero-order valence-electron chi connectivity index (χ0n) is 12.0. The molecule has 0 bridgehead atoms. The van der Waals surface area contributed by atoms with E-state index in [-0.39, 0.29) is 0 Å². The summed E-state index contributed by atoms with van der Waals surface area (Å²) in [7, 11) is 0. The number of hydrogen-bond acceptors (Lipinski definition) is 0. The molecule has 0 aliphatic heterocycles. The fourth-order valence-electron chi connectivity index (χ4n) is 2.14. The zero-order chi connectivity index (χ0) is 13.6. The van der Waals surface area contributed by atoms with E-state index in [1.54, 1.807) is 4.46 Å². The Hall–Kier alpha value is 0.0295. The molecule has 0 amide bonds. The molecule has 108 valence electrons. The van der Waals surface area contributed by atoms with Crippen molar-refractivity contribution in [1.82, 2.24) is 0 Å². The number of hydrogen-bond donors (Lipinski definition) is 0. The van der Waals surface area contributed by atoms with Crippen molar-refractivity contribution in [1.29, 1.82) is 0 Å². The summed E-state index contributed by atoms with van der Waals surface area (Å²) in [6.07, 6.45) is 12.4. The van der Waals surface area contributed by atoms with Crippen LogP contribution in [0.2, 0.25) is 5.32 Å². The zero-order valence-corrected chi connectivity index (χ0v) is 14.4. The van der Waals surface area contributed by atoms with Crippen LogP contribution in [0, 0.1) is 0 Å². The van der Waals surface area contributed by atoms with Crippen LogP contribution in [-0.4, -0.2) is 20.8 Å². The predicted octanol–water partition coefficient (Wildman–Crippen LogP) is 5.18. The van der Waals surface area contributed by atoms with Gasteiger partial charge in [-0.3, -0.25) is 0 Å². The Balaban J connectivity index is 1.79. The fraction of sp³-hybridized carbons (Fsp3) is 0.647. The quantitative estimate of drug-likeness (QED) is 0.278. The Bertz CT molecular complexity index is 287. The second-order valence-electron chi connectivity index (χ2n) is 5.03. The number of halogens is 1. The first-order valence-electron chi connectivity index (χ1n) is 7.67. The number of unbranched alkanes of at least 4 members (excludes halogenated alkanes) is 8. The standard InChI is InChI=1S/C17H27ClSe/c18-15-11-6-4-2-1-3-5-7-12-16-19-17-13-9-8-10-14-17/h8-10,13-14H,1-7,11-12,15-16H2. The monoisotopic (exact) mass is 346 g/mol. The van der Waals surface area contributed by atoms with Crippen LogP contribution in [0.5, 0.6) is 0 Å². The average molecular weight is 346 g/mol. The van der Waals surface area contributed by atoms with Gasteiger partial charge in [-0.1, -0.05) is 0 Å². The topological polar surface area (TPSA) is 0 Å². The summed E-state index contributed by atoms with van der Waals surface area (Å²) < 4.78 is 1.55. The van der Waals surface area contributed by atoms with Crippen molar-refractivity contribution < 1.29 is 0 Å². The van der Waals surface area contributed by atoms with Crippen molar-refractivity contribution in [3.63, 3.8) is 0 Å². The van der Waals surface area contributed by atoms with Gasteiger partial charge in [-0.15, -0.1) is 0 Å². The molecule has 0 spiro atoms. The van der Waals surface area contributed by atoms with Gasteiger partial charge in [0.15, 0.2) is 0 Å². The van der Waals surface area contributed by atoms with Crippen LogP contribution in [0.3, 0.4) is 0 Å². The summed E-state index contributed by atoms with van der Waals surface area (Å²) in [6, 6.07) is 10.9. The summed E-state index contributed by atoms with van der Waals surface area (Å²) in [4.78, 5) is 0. The van der Waals surface area contributed by atoms with Crippen LogP contribution in [0.4, 0.5) is 0 Å². The molecule has 0 radical (unpaired) electrons. The van der Waals surface area contributed by atoms with Crippen molar-refractivity contribution >= 4 is 31.0 Å². The van der Waals surface area contributed by atoms with Gasteiger partial charge in [-0.05, 0) is 0 Å². The molecule has 0 aliphatic rings. The third-order valence-electron chi connectivity index (χ3n) is 3.29. The molecule has 1 aromatic rings. The van der Waals surface area contributed by atoms with E-state index in [4.69, 9.17) is 11.6 Å². The molecule has 0 fully saturated rings. The number of alkyl halides is 1. The van der Waals surface area contributed by atoms with Crippen molar-refractivity contribution in [2.45, 2.75) is 63.1 Å². The Morgan fingerprint density at radius 1 is 0.684 bits per heavy atom. The molecule has 1 aromatic carbocycles. The summed E-state index contributed by atoms with van der Waals surface area (Å²) >= 11 is 6.36. The van der Waals surface area contributed by atoms with Gasteiger partial charge in [-0.2, -0.15) is 0 Å². The van der Waals surface area contributed by atoms with Crippen molar-refractivity contribution in [3.8, 4) is 0 Å². The van der Waals surface area contributed by atoms with Crippen LogP contribution in [0.15, 0.2) is 30.3 Å². The van der Waals surface area contributed by atoms with Crippen molar-refractivity contribution in [3.05, 3.63) is 30.3 Å². The molecule has 0 aromatic heterocycles. The third-order valence-corrected chi connectivity index (χ3v) is 5.86. The molecule has 0 nitrogen and oxygen atoms in total. The molecule has 0 unspecified atom stereocenters. The normalized spacial score (nSPS) is 10.8. The van der Waals surface area contributed by atoms with E-state index in [2.05, 4.69) is 30.3 Å². The van der Waals surface area contributed by atoms with E-state index in [9.17, 15) is 0 Å². The summed E-state index contributed by atoms with van der Waals surface area (Å²) in [6.45, 7) is 0. The molecule has 2 heteroatoms. The van der Waals surface area contributed by atoms with Gasteiger partial charge in [0.2, 0.25) is 0 Å². The van der Waals surface area contributed by atoms with E-state index in [1.165, 1.54) is 63.1 Å². The minimum absolute atomic E-state index is 0.697. The molecule has 0 saturated heterocycles. The molecule has 0 heterocycles. The second kappa shape index (κ2) is 13.0. The van der Waals surface area contributed by atoms with E-state index in [0.717, 1.165) is 5.88 Å². The average Bonchev–Trinajstić information content (AvgIpc) is 2.46. The van der Waals surface area contributed by atoms with Crippen LogP contribution in [0.1, 0.15) is 57.8 Å². The first kappa shape index (κ1) is 17.1. The Labute approximate surface area is 130 Å². The molecular formula is C17H27ClSe. The maximum atomic E-state index is 5.66. The Morgan fingerprint density at radius 3 is 1.79 bits per heavy atom. The Morgan fingerprint density at radius 2 is 1.21 bits per heavy atom. The summed E-state index contributed by atoms with van der Waals surface area (Å²) in [5, 5.41) is 1.41. The van der Waals surface area contributed by atoms with Crippen molar-refractivity contribution in [2.24, 2.45) is 0 Å². The van der Waals surface area contributed by atoms with Gasteiger partial charge in [0, 0.05) is 0 Å². The van der Waals surface area contributed by atoms with E-state index in [0.29, 0.717) is 15.0 Å².